The molecule has 9 nitrogen and oxygen atoms in total. The van der Waals surface area contributed by atoms with Crippen LogP contribution in [0.2, 0.25) is 0 Å². The van der Waals surface area contributed by atoms with Crippen molar-refractivity contribution in [1.82, 2.24) is 20.6 Å². The summed E-state index contributed by atoms with van der Waals surface area (Å²) in [5.74, 6) is 2.51. The summed E-state index contributed by atoms with van der Waals surface area (Å²) in [4.78, 5) is 33.6. The number of para-hydroxylation sites is 3. The van der Waals surface area contributed by atoms with Crippen molar-refractivity contribution in [3.05, 3.63) is 48.5 Å². The molecule has 2 aliphatic carbocycles. The highest BCUT2D eigenvalue weighted by atomic mass is 32.2. The van der Waals surface area contributed by atoms with Crippen molar-refractivity contribution in [2.75, 3.05) is 24.6 Å². The van der Waals surface area contributed by atoms with E-state index in [9.17, 15) is 9.59 Å². The summed E-state index contributed by atoms with van der Waals surface area (Å²) in [7, 11) is 0. The second-order valence-electron chi connectivity index (χ2n) is 11.6. The Morgan fingerprint density at radius 2 is 1.35 bits per heavy atom. The maximum absolute atomic E-state index is 12.2. The second kappa shape index (κ2) is 17.4. The van der Waals surface area contributed by atoms with Crippen molar-refractivity contribution in [3.8, 4) is 12.1 Å². The van der Waals surface area contributed by atoms with Gasteiger partial charge in [0.1, 0.15) is 18.6 Å². The van der Waals surface area contributed by atoms with Gasteiger partial charge in [-0.15, -0.1) is 11.3 Å². The molecule has 2 fully saturated rings. The van der Waals surface area contributed by atoms with Crippen molar-refractivity contribution in [1.29, 1.82) is 10.5 Å². The highest BCUT2D eigenvalue weighted by Gasteiger charge is 2.32. The molecular weight excluding hydrogens is 637 g/mol. The highest BCUT2D eigenvalue weighted by molar-refractivity contribution is 8.01. The predicted molar refractivity (Wildman–Crippen MR) is 183 cm³/mol. The van der Waals surface area contributed by atoms with E-state index in [4.69, 9.17) is 14.9 Å². The number of aromatic nitrogens is 2. The number of fused-ring (bicyclic) bond motifs is 2. The van der Waals surface area contributed by atoms with Crippen LogP contribution in [0.25, 0.3) is 21.3 Å². The molecule has 2 N–H and O–H groups in total. The zero-order valence-electron chi connectivity index (χ0n) is 25.7. The minimum atomic E-state index is -0.00558. The van der Waals surface area contributed by atoms with Crippen LogP contribution in [0.3, 0.4) is 0 Å². The Morgan fingerprint density at radius 3 is 1.96 bits per heavy atom. The molecule has 2 heterocycles. The van der Waals surface area contributed by atoms with E-state index in [1.54, 1.807) is 34.9 Å². The highest BCUT2D eigenvalue weighted by Crippen LogP contribution is 2.37. The SMILES string of the molecule is N#CCNC(=O)C1CCCCC1CSc1nc2ccccc2o1.N#CCNC(=O)C1CCCCC1CSc1nc2ccccc2s1. The fraction of sp³-hybridized carbons (Fsp3) is 0.471. The molecule has 2 aromatic carbocycles. The smallest absolute Gasteiger partial charge is 0.256 e. The number of nitrogens with zero attached hydrogens (tertiary/aromatic N) is 4. The molecule has 2 amide bonds. The third kappa shape index (κ3) is 9.25. The number of benzene rings is 2. The Bertz CT molecular complexity index is 1500. The maximum Gasteiger partial charge on any atom is 0.256 e. The van der Waals surface area contributed by atoms with E-state index in [0.29, 0.717) is 17.1 Å². The van der Waals surface area contributed by atoms with Crippen LogP contribution in [0.4, 0.5) is 0 Å². The Labute approximate surface area is 281 Å². The Hall–Kier alpha value is -3.58. The third-order valence-electron chi connectivity index (χ3n) is 8.57. The predicted octanol–water partition coefficient (Wildman–Crippen LogP) is 7.20. The van der Waals surface area contributed by atoms with Gasteiger partial charge in [0.05, 0.1) is 22.4 Å². The summed E-state index contributed by atoms with van der Waals surface area (Å²) in [5.41, 5.74) is 2.70. The van der Waals surface area contributed by atoms with Crippen LogP contribution in [0, 0.1) is 46.3 Å². The van der Waals surface area contributed by atoms with E-state index in [1.165, 1.54) is 11.1 Å². The second-order valence-corrected chi connectivity index (χ2v) is 14.8. The lowest BCUT2D eigenvalue weighted by Crippen LogP contribution is -2.37. The monoisotopic (exact) mass is 674 g/mol. The molecule has 4 unspecified atom stereocenters. The van der Waals surface area contributed by atoms with Crippen LogP contribution >= 0.6 is 34.9 Å². The first-order valence-electron chi connectivity index (χ1n) is 15.8. The van der Waals surface area contributed by atoms with Gasteiger partial charge in [0, 0.05) is 23.3 Å². The standard InChI is InChI=1S/C17H19N3O2S.C17H19N3OS2/c18-9-10-19-16(21)13-6-2-1-5-12(13)11-23-17-20-14-7-3-4-8-15(14)22-17;18-9-10-19-16(21)13-6-2-1-5-12(13)11-22-17-20-14-7-3-4-8-15(14)23-17/h2*3-4,7-8,12-13H,1-2,5-6,10-11H2,(H,19,21). The molecule has 0 aliphatic heterocycles. The number of carbonyl (C=O) groups excluding carboxylic acids is 2. The first-order valence-corrected chi connectivity index (χ1v) is 18.6. The summed E-state index contributed by atoms with van der Waals surface area (Å²) < 4.78 is 8.01. The van der Waals surface area contributed by atoms with Gasteiger partial charge in [-0.05, 0) is 61.8 Å². The number of nitrogens with one attached hydrogen (secondary N) is 2. The topological polar surface area (TPSA) is 145 Å². The number of hydrogen-bond donors (Lipinski definition) is 2. The van der Waals surface area contributed by atoms with Gasteiger partial charge in [0.25, 0.3) is 5.22 Å². The van der Waals surface area contributed by atoms with E-state index in [2.05, 4.69) is 26.7 Å². The quantitative estimate of drug-likeness (QED) is 0.132. The molecule has 2 saturated carbocycles. The van der Waals surface area contributed by atoms with Crippen molar-refractivity contribution in [2.45, 2.75) is 60.9 Å². The summed E-state index contributed by atoms with van der Waals surface area (Å²) in [5, 5.41) is 23.3. The zero-order valence-corrected chi connectivity index (χ0v) is 28.1. The minimum absolute atomic E-state index is 0.00558. The van der Waals surface area contributed by atoms with Gasteiger partial charge in [0.15, 0.2) is 9.92 Å². The van der Waals surface area contributed by atoms with Gasteiger partial charge in [0.2, 0.25) is 11.8 Å². The van der Waals surface area contributed by atoms with Gasteiger partial charge in [-0.1, -0.05) is 73.5 Å². The van der Waals surface area contributed by atoms with E-state index in [1.807, 2.05) is 54.6 Å². The number of thiazole rings is 1. The fourth-order valence-electron chi connectivity index (χ4n) is 6.20. The minimum Gasteiger partial charge on any atom is -0.431 e. The molecule has 6 rings (SSSR count). The summed E-state index contributed by atoms with van der Waals surface area (Å²) in [6, 6.07) is 19.8. The lowest BCUT2D eigenvalue weighted by molar-refractivity contribution is -0.128. The number of thioether (sulfide) groups is 2. The molecule has 2 aliphatic rings. The van der Waals surface area contributed by atoms with Crippen LogP contribution in [0.1, 0.15) is 51.4 Å². The average molecular weight is 675 g/mol. The number of nitriles is 2. The summed E-state index contributed by atoms with van der Waals surface area (Å²) in [6.45, 7) is 0.188. The van der Waals surface area contributed by atoms with Crippen molar-refractivity contribution in [2.24, 2.45) is 23.7 Å². The van der Waals surface area contributed by atoms with E-state index >= 15 is 0 Å². The molecule has 12 heteroatoms. The van der Waals surface area contributed by atoms with Gasteiger partial charge in [-0.25, -0.2) is 9.97 Å². The van der Waals surface area contributed by atoms with Gasteiger partial charge in [-0.2, -0.15) is 10.5 Å². The molecule has 0 spiro atoms. The molecule has 0 radical (unpaired) electrons. The lowest BCUT2D eigenvalue weighted by atomic mass is 9.80. The molecular formula is C34H38N6O3S3. The molecule has 240 valence electrons. The first kappa shape index (κ1) is 33.8. The van der Waals surface area contributed by atoms with Gasteiger partial charge >= 0.3 is 0 Å². The number of oxazole rings is 1. The number of hydrogen-bond acceptors (Lipinski definition) is 10. The molecule has 4 aromatic rings. The Morgan fingerprint density at radius 1 is 0.783 bits per heavy atom. The van der Waals surface area contributed by atoms with E-state index in [0.717, 1.165) is 77.4 Å². The van der Waals surface area contributed by atoms with E-state index in [-0.39, 0.29) is 36.7 Å². The van der Waals surface area contributed by atoms with Crippen molar-refractivity contribution >= 4 is 68.0 Å². The average Bonchev–Trinajstić information content (AvgIpc) is 3.72. The van der Waals surface area contributed by atoms with Gasteiger partial charge < -0.3 is 15.1 Å². The van der Waals surface area contributed by atoms with Crippen LogP contribution in [-0.2, 0) is 9.59 Å². The van der Waals surface area contributed by atoms with Crippen LogP contribution in [-0.4, -0.2) is 46.4 Å². The van der Waals surface area contributed by atoms with Crippen molar-refractivity contribution in [3.63, 3.8) is 0 Å². The lowest BCUT2D eigenvalue weighted by Gasteiger charge is -2.29. The molecule has 0 bridgehead atoms. The number of amides is 2. The summed E-state index contributed by atoms with van der Waals surface area (Å²) in [6.07, 6.45) is 8.48. The van der Waals surface area contributed by atoms with Crippen LogP contribution in [0.15, 0.2) is 62.5 Å². The summed E-state index contributed by atoms with van der Waals surface area (Å²) >= 11 is 5.05. The van der Waals surface area contributed by atoms with Crippen molar-refractivity contribution < 1.29 is 14.0 Å². The fourth-order valence-corrected chi connectivity index (χ4v) is 9.59. The van der Waals surface area contributed by atoms with Gasteiger partial charge in [-0.3, -0.25) is 9.59 Å². The largest absolute Gasteiger partial charge is 0.431 e. The van der Waals surface area contributed by atoms with Crippen LogP contribution < -0.4 is 10.6 Å². The molecule has 0 saturated heterocycles. The maximum atomic E-state index is 12.2. The van der Waals surface area contributed by atoms with E-state index < -0.39 is 0 Å². The normalized spacial score (nSPS) is 21.0. The Balaban J connectivity index is 0.000000181. The number of carbonyl (C=O) groups is 2. The first-order chi connectivity index (χ1) is 22.6. The zero-order chi connectivity index (χ0) is 32.1. The molecule has 46 heavy (non-hydrogen) atoms. The Kier molecular flexibility index (Phi) is 12.8. The molecule has 4 atom stereocenters. The number of rotatable bonds is 10. The third-order valence-corrected chi connectivity index (χ3v) is 11.9. The molecule has 2 aromatic heterocycles. The van der Waals surface area contributed by atoms with Crippen LogP contribution in [0.5, 0.6) is 0 Å².